The molecule has 0 amide bonds. The molecule has 1 aliphatic carbocycles. The van der Waals surface area contributed by atoms with Crippen molar-refractivity contribution >= 4 is 5.78 Å². The summed E-state index contributed by atoms with van der Waals surface area (Å²) >= 11 is 0. The number of Topliss-reactive ketones (excluding diaryl/α,β-unsaturated/α-hetero) is 1. The summed E-state index contributed by atoms with van der Waals surface area (Å²) in [7, 11) is 0. The van der Waals surface area contributed by atoms with Crippen LogP contribution in [0.2, 0.25) is 0 Å². The van der Waals surface area contributed by atoms with Gasteiger partial charge in [0.2, 0.25) is 5.78 Å². The van der Waals surface area contributed by atoms with Gasteiger partial charge in [-0.05, 0) is 13.0 Å². The second-order valence-corrected chi connectivity index (χ2v) is 2.40. The van der Waals surface area contributed by atoms with Crippen LogP contribution in [0.5, 0.6) is 0 Å². The summed E-state index contributed by atoms with van der Waals surface area (Å²) in [5.74, 6) is -0.900. The van der Waals surface area contributed by atoms with Crippen molar-refractivity contribution in [1.82, 2.24) is 0 Å². The molecule has 50 valence electrons. The highest BCUT2D eigenvalue weighted by Gasteiger charge is 2.36. The van der Waals surface area contributed by atoms with E-state index in [1.54, 1.807) is 0 Å². The van der Waals surface area contributed by atoms with Crippen LogP contribution in [0, 0.1) is 0 Å². The molecule has 0 spiro atoms. The molecule has 0 heterocycles. The maximum absolute atomic E-state index is 10.7. The summed E-state index contributed by atoms with van der Waals surface area (Å²) in [6.45, 7) is 1.38. The Morgan fingerprint density at radius 3 is 2.44 bits per heavy atom. The molecule has 9 heavy (non-hydrogen) atoms. The summed E-state index contributed by atoms with van der Waals surface area (Å²) < 4.78 is 0. The highest BCUT2D eigenvalue weighted by atomic mass is 16.3. The molecule has 1 atom stereocenters. The number of hydrogen-bond acceptors (Lipinski definition) is 3. The smallest absolute Gasteiger partial charge is 0.228 e. The third-order valence-corrected chi connectivity index (χ3v) is 1.41. The van der Waals surface area contributed by atoms with Gasteiger partial charge in [0.15, 0.2) is 5.76 Å². The number of rotatable bonds is 0. The molecule has 0 radical (unpaired) electrons. The van der Waals surface area contributed by atoms with E-state index in [1.165, 1.54) is 13.0 Å². The molecule has 0 aromatic heterocycles. The van der Waals surface area contributed by atoms with Crippen molar-refractivity contribution in [3.8, 4) is 0 Å². The first-order valence-corrected chi connectivity index (χ1v) is 2.70. The summed E-state index contributed by atoms with van der Waals surface area (Å²) in [5, 5.41) is 17.8. The van der Waals surface area contributed by atoms with Gasteiger partial charge in [0.1, 0.15) is 5.60 Å². The molecule has 1 rings (SSSR count). The van der Waals surface area contributed by atoms with Crippen molar-refractivity contribution in [3.63, 3.8) is 0 Å². The standard InChI is InChI=1S/C6H8O3/c1-6(9)3-2-4(7)5(6)8/h2,7,9H,3H2,1H3/t6-/m1/s1. The second-order valence-electron chi connectivity index (χ2n) is 2.40. The van der Waals surface area contributed by atoms with E-state index in [-0.39, 0.29) is 12.2 Å². The van der Waals surface area contributed by atoms with Gasteiger partial charge in [-0.2, -0.15) is 0 Å². The van der Waals surface area contributed by atoms with E-state index in [2.05, 4.69) is 0 Å². The Hall–Kier alpha value is -0.830. The Kier molecular flexibility index (Phi) is 1.10. The Morgan fingerprint density at radius 1 is 1.78 bits per heavy atom. The maximum Gasteiger partial charge on any atom is 0.228 e. The first kappa shape index (κ1) is 6.29. The fraction of sp³-hybridized carbons (Fsp3) is 0.500. The highest BCUT2D eigenvalue weighted by molar-refractivity contribution is 6.01. The van der Waals surface area contributed by atoms with Crippen LogP contribution >= 0.6 is 0 Å². The summed E-state index contributed by atoms with van der Waals surface area (Å²) in [4.78, 5) is 10.7. The van der Waals surface area contributed by atoms with Crippen molar-refractivity contribution in [2.45, 2.75) is 18.9 Å². The van der Waals surface area contributed by atoms with Gasteiger partial charge in [-0.15, -0.1) is 0 Å². The van der Waals surface area contributed by atoms with Crippen LogP contribution in [-0.2, 0) is 4.79 Å². The molecule has 0 aromatic carbocycles. The Balaban J connectivity index is 2.86. The Bertz CT molecular complexity index is 179. The van der Waals surface area contributed by atoms with Gasteiger partial charge in [0.25, 0.3) is 0 Å². The molecule has 0 aromatic rings. The van der Waals surface area contributed by atoms with E-state index in [0.29, 0.717) is 0 Å². The fourth-order valence-electron chi connectivity index (χ4n) is 0.757. The largest absolute Gasteiger partial charge is 0.505 e. The van der Waals surface area contributed by atoms with Crippen LogP contribution < -0.4 is 0 Å². The number of aliphatic hydroxyl groups is 2. The van der Waals surface area contributed by atoms with Crippen LogP contribution in [0.1, 0.15) is 13.3 Å². The lowest BCUT2D eigenvalue weighted by Crippen LogP contribution is -2.30. The molecule has 3 nitrogen and oxygen atoms in total. The molecular formula is C6H8O3. The van der Waals surface area contributed by atoms with Gasteiger partial charge in [0.05, 0.1) is 0 Å². The normalized spacial score (nSPS) is 34.9. The van der Waals surface area contributed by atoms with E-state index >= 15 is 0 Å². The van der Waals surface area contributed by atoms with Gasteiger partial charge in [-0.25, -0.2) is 0 Å². The monoisotopic (exact) mass is 128 g/mol. The summed E-state index contributed by atoms with van der Waals surface area (Å²) in [6, 6.07) is 0. The lowest BCUT2D eigenvalue weighted by atomic mass is 10.0. The number of carbonyl (C=O) groups excluding carboxylic acids is 1. The molecule has 3 heteroatoms. The highest BCUT2D eigenvalue weighted by Crippen LogP contribution is 2.22. The molecule has 2 N–H and O–H groups in total. The van der Waals surface area contributed by atoms with Crippen molar-refractivity contribution in [1.29, 1.82) is 0 Å². The first-order valence-electron chi connectivity index (χ1n) is 2.70. The quantitative estimate of drug-likeness (QED) is 0.488. The first-order chi connectivity index (χ1) is 4.04. The minimum Gasteiger partial charge on any atom is -0.505 e. The summed E-state index contributed by atoms with van der Waals surface area (Å²) in [6.07, 6.45) is 1.54. The fourth-order valence-corrected chi connectivity index (χ4v) is 0.757. The average Bonchev–Trinajstić information content (AvgIpc) is 1.97. The van der Waals surface area contributed by atoms with Gasteiger partial charge < -0.3 is 10.2 Å². The lowest BCUT2D eigenvalue weighted by molar-refractivity contribution is -0.132. The SMILES string of the molecule is C[C@@]1(O)CC=C(O)C1=O. The van der Waals surface area contributed by atoms with Gasteiger partial charge in [-0.3, -0.25) is 4.79 Å². The van der Waals surface area contributed by atoms with Crippen molar-refractivity contribution in [2.75, 3.05) is 0 Å². The van der Waals surface area contributed by atoms with E-state index in [9.17, 15) is 4.79 Å². The topological polar surface area (TPSA) is 57.5 Å². The molecule has 0 bridgehead atoms. The van der Waals surface area contributed by atoms with Crippen molar-refractivity contribution < 1.29 is 15.0 Å². The zero-order valence-electron chi connectivity index (χ0n) is 5.09. The second kappa shape index (κ2) is 1.57. The van der Waals surface area contributed by atoms with Crippen molar-refractivity contribution in [3.05, 3.63) is 11.8 Å². The van der Waals surface area contributed by atoms with E-state index in [0.717, 1.165) is 0 Å². The number of ketones is 1. The third-order valence-electron chi connectivity index (χ3n) is 1.41. The Labute approximate surface area is 52.6 Å². The third kappa shape index (κ3) is 0.833. The lowest BCUT2D eigenvalue weighted by Gasteiger charge is -2.11. The van der Waals surface area contributed by atoms with Crippen LogP contribution in [0.3, 0.4) is 0 Å². The number of aliphatic hydroxyl groups excluding tert-OH is 1. The number of carbonyl (C=O) groups is 1. The minimum absolute atomic E-state index is 0.220. The Morgan fingerprint density at radius 2 is 2.33 bits per heavy atom. The molecule has 0 fully saturated rings. The predicted molar refractivity (Wildman–Crippen MR) is 31.0 cm³/mol. The molecule has 1 aliphatic rings. The zero-order valence-corrected chi connectivity index (χ0v) is 5.09. The van der Waals surface area contributed by atoms with Crippen LogP contribution in [-0.4, -0.2) is 21.6 Å². The van der Waals surface area contributed by atoms with Crippen LogP contribution in [0.15, 0.2) is 11.8 Å². The molecule has 0 unspecified atom stereocenters. The van der Waals surface area contributed by atoms with Gasteiger partial charge in [0, 0.05) is 6.42 Å². The number of hydrogen-bond donors (Lipinski definition) is 2. The summed E-state index contributed by atoms with van der Waals surface area (Å²) in [5.41, 5.74) is -1.36. The van der Waals surface area contributed by atoms with E-state index < -0.39 is 11.4 Å². The average molecular weight is 128 g/mol. The van der Waals surface area contributed by atoms with Gasteiger partial charge >= 0.3 is 0 Å². The molecule has 0 saturated carbocycles. The maximum atomic E-state index is 10.7. The minimum atomic E-state index is -1.36. The zero-order chi connectivity index (χ0) is 7.07. The van der Waals surface area contributed by atoms with E-state index in [1.807, 2.05) is 0 Å². The molecule has 0 aliphatic heterocycles. The van der Waals surface area contributed by atoms with Crippen LogP contribution in [0.25, 0.3) is 0 Å². The van der Waals surface area contributed by atoms with Crippen molar-refractivity contribution in [2.24, 2.45) is 0 Å². The predicted octanol–water partition coefficient (Wildman–Crippen LogP) is 0.152. The van der Waals surface area contributed by atoms with Gasteiger partial charge in [-0.1, -0.05) is 0 Å². The molecular weight excluding hydrogens is 120 g/mol. The van der Waals surface area contributed by atoms with E-state index in [4.69, 9.17) is 10.2 Å². The molecule has 0 saturated heterocycles. The van der Waals surface area contributed by atoms with Crippen LogP contribution in [0.4, 0.5) is 0 Å².